The molecule has 2 amide bonds. The van der Waals surface area contributed by atoms with E-state index in [1.165, 1.54) is 44.9 Å². The highest BCUT2D eigenvalue weighted by Crippen LogP contribution is 2.10. The second-order valence-electron chi connectivity index (χ2n) is 7.83. The lowest BCUT2D eigenvalue weighted by atomic mass is 10.1. The van der Waals surface area contributed by atoms with Crippen LogP contribution >= 0.6 is 0 Å². The number of nitrogens with one attached hydrogen (secondary N) is 2. The van der Waals surface area contributed by atoms with Crippen LogP contribution in [0.15, 0.2) is 30.3 Å². The molecule has 31 heavy (non-hydrogen) atoms. The van der Waals surface area contributed by atoms with Crippen molar-refractivity contribution < 1.29 is 24.2 Å². The SMILES string of the molecule is CCCCCCCCCCCCNC(=O)C(CC(=O)O)NC(=O)OCc1ccccc1. The molecule has 0 saturated carbocycles. The average molecular weight is 435 g/mol. The van der Waals surface area contributed by atoms with Crippen LogP contribution in [0.5, 0.6) is 0 Å². The fourth-order valence-corrected chi connectivity index (χ4v) is 3.24. The van der Waals surface area contributed by atoms with Gasteiger partial charge in [-0.25, -0.2) is 4.79 Å². The van der Waals surface area contributed by atoms with Crippen molar-refractivity contribution in [2.24, 2.45) is 0 Å². The van der Waals surface area contributed by atoms with Crippen molar-refractivity contribution in [1.82, 2.24) is 10.6 Å². The number of carbonyl (C=O) groups excluding carboxylic acids is 2. The van der Waals surface area contributed by atoms with E-state index in [1.54, 1.807) is 12.1 Å². The van der Waals surface area contributed by atoms with E-state index < -0.39 is 30.4 Å². The second kappa shape index (κ2) is 17.1. The molecule has 1 aromatic carbocycles. The first-order valence-corrected chi connectivity index (χ1v) is 11.5. The van der Waals surface area contributed by atoms with Gasteiger partial charge in [0.2, 0.25) is 5.91 Å². The maximum atomic E-state index is 12.3. The maximum Gasteiger partial charge on any atom is 0.408 e. The Bertz CT molecular complexity index is 636. The summed E-state index contributed by atoms with van der Waals surface area (Å²) in [5.41, 5.74) is 0.804. The number of alkyl carbamates (subject to hydrolysis) is 1. The van der Waals surface area contributed by atoms with Crippen LogP contribution in [0.2, 0.25) is 0 Å². The monoisotopic (exact) mass is 434 g/mol. The number of amides is 2. The lowest BCUT2D eigenvalue weighted by Gasteiger charge is -2.17. The van der Waals surface area contributed by atoms with Crippen LogP contribution in [-0.4, -0.2) is 35.7 Å². The molecule has 0 aliphatic heterocycles. The lowest BCUT2D eigenvalue weighted by molar-refractivity contribution is -0.139. The molecule has 0 radical (unpaired) electrons. The third kappa shape index (κ3) is 14.1. The number of carboxylic acid groups (broad SMARTS) is 1. The molecule has 0 spiro atoms. The molecule has 0 aliphatic carbocycles. The third-order valence-electron chi connectivity index (χ3n) is 5.03. The van der Waals surface area contributed by atoms with Crippen molar-refractivity contribution in [1.29, 1.82) is 0 Å². The maximum absolute atomic E-state index is 12.3. The Morgan fingerprint density at radius 3 is 2.06 bits per heavy atom. The van der Waals surface area contributed by atoms with Gasteiger partial charge in [-0.1, -0.05) is 95.0 Å². The molecule has 1 aromatic rings. The van der Waals surface area contributed by atoms with Crippen molar-refractivity contribution in [2.75, 3.05) is 6.54 Å². The Kier molecular flexibility index (Phi) is 14.6. The molecule has 0 heterocycles. The zero-order chi connectivity index (χ0) is 22.7. The molecular weight excluding hydrogens is 396 g/mol. The largest absolute Gasteiger partial charge is 0.481 e. The molecule has 7 nitrogen and oxygen atoms in total. The van der Waals surface area contributed by atoms with E-state index in [9.17, 15) is 14.4 Å². The number of hydrogen-bond donors (Lipinski definition) is 3. The summed E-state index contributed by atoms with van der Waals surface area (Å²) in [6, 6.07) is 7.95. The van der Waals surface area contributed by atoms with Gasteiger partial charge in [0.25, 0.3) is 0 Å². The van der Waals surface area contributed by atoms with E-state index in [4.69, 9.17) is 9.84 Å². The molecule has 0 aromatic heterocycles. The van der Waals surface area contributed by atoms with Crippen molar-refractivity contribution in [3.63, 3.8) is 0 Å². The summed E-state index contributed by atoms with van der Waals surface area (Å²) in [4.78, 5) is 35.3. The first-order valence-electron chi connectivity index (χ1n) is 11.5. The van der Waals surface area contributed by atoms with Crippen LogP contribution < -0.4 is 10.6 Å². The van der Waals surface area contributed by atoms with Crippen LogP contribution in [0.25, 0.3) is 0 Å². The number of ether oxygens (including phenoxy) is 1. The fourth-order valence-electron chi connectivity index (χ4n) is 3.24. The molecule has 1 rings (SSSR count). The van der Waals surface area contributed by atoms with Crippen LogP contribution in [-0.2, 0) is 20.9 Å². The third-order valence-corrected chi connectivity index (χ3v) is 5.03. The van der Waals surface area contributed by atoms with Gasteiger partial charge >= 0.3 is 12.1 Å². The molecule has 3 N–H and O–H groups in total. The molecule has 0 bridgehead atoms. The van der Waals surface area contributed by atoms with E-state index in [1.807, 2.05) is 18.2 Å². The zero-order valence-electron chi connectivity index (χ0n) is 18.7. The minimum Gasteiger partial charge on any atom is -0.481 e. The first kappa shape index (κ1) is 26.5. The van der Waals surface area contributed by atoms with Crippen molar-refractivity contribution in [3.05, 3.63) is 35.9 Å². The minimum atomic E-state index is -1.16. The predicted octanol–water partition coefficient (Wildman–Crippen LogP) is 4.79. The van der Waals surface area contributed by atoms with Crippen LogP contribution in [0.1, 0.15) is 83.1 Å². The normalized spacial score (nSPS) is 11.5. The van der Waals surface area contributed by atoms with Crippen molar-refractivity contribution in [2.45, 2.75) is 90.2 Å². The van der Waals surface area contributed by atoms with E-state index >= 15 is 0 Å². The molecule has 174 valence electrons. The van der Waals surface area contributed by atoms with E-state index in [2.05, 4.69) is 17.6 Å². The number of carbonyl (C=O) groups is 3. The van der Waals surface area contributed by atoms with Gasteiger partial charge in [0.1, 0.15) is 12.6 Å². The Morgan fingerprint density at radius 1 is 0.903 bits per heavy atom. The molecule has 1 unspecified atom stereocenters. The number of benzene rings is 1. The van der Waals surface area contributed by atoms with E-state index in [0.29, 0.717) is 6.54 Å². The Balaban J connectivity index is 2.21. The highest BCUT2D eigenvalue weighted by molar-refractivity contribution is 5.89. The molecular formula is C24H38N2O5. The summed E-state index contributed by atoms with van der Waals surface area (Å²) >= 11 is 0. The quantitative estimate of drug-likeness (QED) is 0.306. The summed E-state index contributed by atoms with van der Waals surface area (Å²) in [5, 5.41) is 14.1. The summed E-state index contributed by atoms with van der Waals surface area (Å²) < 4.78 is 5.08. The second-order valence-corrected chi connectivity index (χ2v) is 7.83. The smallest absolute Gasteiger partial charge is 0.408 e. The van der Waals surface area contributed by atoms with Gasteiger partial charge in [-0.2, -0.15) is 0 Å². The van der Waals surface area contributed by atoms with Crippen LogP contribution in [0.3, 0.4) is 0 Å². The van der Waals surface area contributed by atoms with Gasteiger partial charge in [0.05, 0.1) is 6.42 Å². The highest BCUT2D eigenvalue weighted by Gasteiger charge is 2.24. The molecule has 0 saturated heterocycles. The topological polar surface area (TPSA) is 105 Å². The van der Waals surface area contributed by atoms with Gasteiger partial charge < -0.3 is 20.5 Å². The first-order chi connectivity index (χ1) is 15.0. The summed E-state index contributed by atoms with van der Waals surface area (Å²) in [5.74, 6) is -1.67. The predicted molar refractivity (Wildman–Crippen MR) is 121 cm³/mol. The van der Waals surface area contributed by atoms with Gasteiger partial charge in [0, 0.05) is 6.54 Å². The van der Waals surface area contributed by atoms with E-state index in [0.717, 1.165) is 24.8 Å². The zero-order valence-corrected chi connectivity index (χ0v) is 18.7. The number of carboxylic acids is 1. The standard InChI is InChI=1S/C24H38N2O5/c1-2-3-4-5-6-7-8-9-10-14-17-25-23(29)21(18-22(27)28)26-24(30)31-19-20-15-12-11-13-16-20/h11-13,15-16,21H,2-10,14,17-19H2,1H3,(H,25,29)(H,26,30)(H,27,28). The minimum absolute atomic E-state index is 0.0483. The van der Waals surface area contributed by atoms with Gasteiger partial charge in [0.15, 0.2) is 0 Å². The number of unbranched alkanes of at least 4 members (excludes halogenated alkanes) is 9. The number of aliphatic carboxylic acids is 1. The van der Waals surface area contributed by atoms with Crippen molar-refractivity contribution in [3.8, 4) is 0 Å². The lowest BCUT2D eigenvalue weighted by Crippen LogP contribution is -2.48. The molecule has 0 aliphatic rings. The molecule has 1 atom stereocenters. The van der Waals surface area contributed by atoms with Gasteiger partial charge in [-0.15, -0.1) is 0 Å². The summed E-state index contributed by atoms with van der Waals surface area (Å²) in [6.45, 7) is 2.73. The Hall–Kier alpha value is -2.57. The van der Waals surface area contributed by atoms with Crippen molar-refractivity contribution >= 4 is 18.0 Å². The Labute approximate surface area is 185 Å². The summed E-state index contributed by atoms with van der Waals surface area (Å²) in [7, 11) is 0. The van der Waals surface area contributed by atoms with Gasteiger partial charge in [-0.05, 0) is 12.0 Å². The van der Waals surface area contributed by atoms with Gasteiger partial charge in [-0.3, -0.25) is 9.59 Å². The summed E-state index contributed by atoms with van der Waals surface area (Å²) in [6.07, 6.45) is 10.7. The molecule has 0 fully saturated rings. The fraction of sp³-hybridized carbons (Fsp3) is 0.625. The average Bonchev–Trinajstić information content (AvgIpc) is 2.76. The number of hydrogen-bond acceptors (Lipinski definition) is 4. The van der Waals surface area contributed by atoms with Crippen LogP contribution in [0, 0.1) is 0 Å². The highest BCUT2D eigenvalue weighted by atomic mass is 16.5. The van der Waals surface area contributed by atoms with Crippen LogP contribution in [0.4, 0.5) is 4.79 Å². The number of rotatable bonds is 17. The molecule has 7 heteroatoms. The van der Waals surface area contributed by atoms with E-state index in [-0.39, 0.29) is 6.61 Å². The Morgan fingerprint density at radius 2 is 1.48 bits per heavy atom.